The zero-order chi connectivity index (χ0) is 11.5. The molecule has 0 spiro atoms. The van der Waals surface area contributed by atoms with E-state index in [1.807, 2.05) is 6.07 Å². The van der Waals surface area contributed by atoms with Crippen molar-refractivity contribution in [3.05, 3.63) is 34.1 Å². The van der Waals surface area contributed by atoms with Gasteiger partial charge in [0.2, 0.25) is 0 Å². The standard InChI is InChI=1S/C12H16BrFN2.ClH/c1-9-7-15-2-3-16(9)8-10-4-11(13)6-12(14)5-10;/h4-6,9,15H,2-3,7-8H2,1H3;1H/t9-;/m1./s1. The van der Waals surface area contributed by atoms with Crippen LogP contribution in [0.3, 0.4) is 0 Å². The van der Waals surface area contributed by atoms with E-state index in [4.69, 9.17) is 0 Å². The first-order valence-electron chi connectivity index (χ1n) is 5.55. The first kappa shape index (κ1) is 14.9. The van der Waals surface area contributed by atoms with E-state index in [-0.39, 0.29) is 18.2 Å². The molecule has 0 radical (unpaired) electrons. The van der Waals surface area contributed by atoms with Crippen molar-refractivity contribution in [2.45, 2.75) is 19.5 Å². The molecule has 0 saturated carbocycles. The summed E-state index contributed by atoms with van der Waals surface area (Å²) in [5, 5.41) is 3.35. The third kappa shape index (κ3) is 4.21. The van der Waals surface area contributed by atoms with Crippen molar-refractivity contribution in [2.24, 2.45) is 0 Å². The van der Waals surface area contributed by atoms with Crippen molar-refractivity contribution >= 4 is 28.3 Å². The molecule has 2 rings (SSSR count). The number of piperazine rings is 1. The molecular formula is C12H17BrClFN2. The Kier molecular flexibility index (Phi) is 5.86. The van der Waals surface area contributed by atoms with E-state index in [0.717, 1.165) is 36.2 Å². The van der Waals surface area contributed by atoms with E-state index in [2.05, 4.69) is 33.1 Å². The number of rotatable bonds is 2. The molecule has 96 valence electrons. The summed E-state index contributed by atoms with van der Waals surface area (Å²) in [6.07, 6.45) is 0. The highest BCUT2D eigenvalue weighted by atomic mass is 79.9. The second kappa shape index (κ2) is 6.69. The maximum Gasteiger partial charge on any atom is 0.124 e. The van der Waals surface area contributed by atoms with Crippen molar-refractivity contribution in [1.82, 2.24) is 10.2 Å². The van der Waals surface area contributed by atoms with Gasteiger partial charge in [-0.3, -0.25) is 4.90 Å². The average Bonchev–Trinajstić information content (AvgIpc) is 2.20. The molecule has 1 N–H and O–H groups in total. The Labute approximate surface area is 116 Å². The van der Waals surface area contributed by atoms with Crippen molar-refractivity contribution in [2.75, 3.05) is 19.6 Å². The molecule has 17 heavy (non-hydrogen) atoms. The summed E-state index contributed by atoms with van der Waals surface area (Å²) in [4.78, 5) is 2.37. The van der Waals surface area contributed by atoms with Crippen molar-refractivity contribution in [3.8, 4) is 0 Å². The Morgan fingerprint density at radius 1 is 1.47 bits per heavy atom. The van der Waals surface area contributed by atoms with Crippen LogP contribution in [-0.2, 0) is 6.54 Å². The highest BCUT2D eigenvalue weighted by Crippen LogP contribution is 2.17. The Hall–Kier alpha value is -0.160. The molecule has 1 aliphatic heterocycles. The van der Waals surface area contributed by atoms with E-state index < -0.39 is 0 Å². The summed E-state index contributed by atoms with van der Waals surface area (Å²) in [5.41, 5.74) is 1.03. The molecule has 1 aliphatic rings. The average molecular weight is 324 g/mol. The molecule has 2 nitrogen and oxygen atoms in total. The van der Waals surface area contributed by atoms with Crippen LogP contribution in [0, 0.1) is 5.82 Å². The van der Waals surface area contributed by atoms with Crippen LogP contribution in [0.15, 0.2) is 22.7 Å². The quantitative estimate of drug-likeness (QED) is 0.900. The smallest absolute Gasteiger partial charge is 0.124 e. The summed E-state index contributed by atoms with van der Waals surface area (Å²) in [6, 6.07) is 5.60. The molecule has 0 amide bonds. The SMILES string of the molecule is C[C@@H]1CNCCN1Cc1cc(F)cc(Br)c1.Cl. The Morgan fingerprint density at radius 2 is 2.24 bits per heavy atom. The van der Waals surface area contributed by atoms with Crippen LogP contribution in [0.1, 0.15) is 12.5 Å². The van der Waals surface area contributed by atoms with Gasteiger partial charge in [0.25, 0.3) is 0 Å². The van der Waals surface area contributed by atoms with Gasteiger partial charge in [0.1, 0.15) is 5.82 Å². The highest BCUT2D eigenvalue weighted by molar-refractivity contribution is 9.10. The van der Waals surface area contributed by atoms with Crippen molar-refractivity contribution in [3.63, 3.8) is 0 Å². The van der Waals surface area contributed by atoms with Crippen LogP contribution in [0.25, 0.3) is 0 Å². The van der Waals surface area contributed by atoms with Crippen LogP contribution in [0.2, 0.25) is 0 Å². The number of hydrogen-bond donors (Lipinski definition) is 1. The third-order valence-electron chi connectivity index (χ3n) is 2.95. The van der Waals surface area contributed by atoms with E-state index in [1.54, 1.807) is 6.07 Å². The van der Waals surface area contributed by atoms with Gasteiger partial charge in [-0.2, -0.15) is 0 Å². The van der Waals surface area contributed by atoms with Gasteiger partial charge >= 0.3 is 0 Å². The summed E-state index contributed by atoms with van der Waals surface area (Å²) in [7, 11) is 0. The number of nitrogens with zero attached hydrogens (tertiary/aromatic N) is 1. The molecular weight excluding hydrogens is 307 g/mol. The lowest BCUT2D eigenvalue weighted by Crippen LogP contribution is -2.49. The molecule has 0 aromatic heterocycles. The fraction of sp³-hybridized carbons (Fsp3) is 0.500. The maximum atomic E-state index is 13.2. The molecule has 1 aromatic rings. The third-order valence-corrected chi connectivity index (χ3v) is 3.40. The maximum absolute atomic E-state index is 13.2. The van der Waals surface area contributed by atoms with Crippen LogP contribution in [0.4, 0.5) is 4.39 Å². The molecule has 1 saturated heterocycles. The predicted octanol–water partition coefficient (Wildman–Crippen LogP) is 2.80. The molecule has 1 heterocycles. The molecule has 0 aliphatic carbocycles. The largest absolute Gasteiger partial charge is 0.314 e. The second-order valence-corrected chi connectivity index (χ2v) is 5.22. The van der Waals surface area contributed by atoms with Gasteiger partial charge in [-0.1, -0.05) is 15.9 Å². The Balaban J connectivity index is 0.00000144. The normalized spacial score (nSPS) is 21.0. The van der Waals surface area contributed by atoms with Crippen LogP contribution < -0.4 is 5.32 Å². The number of halogens is 3. The van der Waals surface area contributed by atoms with Crippen LogP contribution in [-0.4, -0.2) is 30.6 Å². The highest BCUT2D eigenvalue weighted by Gasteiger charge is 2.17. The minimum Gasteiger partial charge on any atom is -0.314 e. The number of hydrogen-bond acceptors (Lipinski definition) is 2. The molecule has 5 heteroatoms. The molecule has 0 bridgehead atoms. The molecule has 1 fully saturated rings. The minimum atomic E-state index is -0.174. The predicted molar refractivity (Wildman–Crippen MR) is 74.1 cm³/mol. The number of benzene rings is 1. The van der Waals surface area contributed by atoms with E-state index >= 15 is 0 Å². The van der Waals surface area contributed by atoms with Crippen molar-refractivity contribution < 1.29 is 4.39 Å². The van der Waals surface area contributed by atoms with Gasteiger partial charge in [0.15, 0.2) is 0 Å². The van der Waals surface area contributed by atoms with Gasteiger partial charge in [0.05, 0.1) is 0 Å². The lowest BCUT2D eigenvalue weighted by molar-refractivity contribution is 0.165. The monoisotopic (exact) mass is 322 g/mol. The minimum absolute atomic E-state index is 0. The fourth-order valence-electron chi connectivity index (χ4n) is 2.05. The summed E-state index contributed by atoms with van der Waals surface area (Å²) in [5.74, 6) is -0.174. The first-order valence-corrected chi connectivity index (χ1v) is 6.34. The molecule has 0 unspecified atom stereocenters. The van der Waals surface area contributed by atoms with Crippen LogP contribution >= 0.6 is 28.3 Å². The van der Waals surface area contributed by atoms with Crippen molar-refractivity contribution in [1.29, 1.82) is 0 Å². The summed E-state index contributed by atoms with van der Waals surface area (Å²) < 4.78 is 14.0. The van der Waals surface area contributed by atoms with Gasteiger partial charge < -0.3 is 5.32 Å². The van der Waals surface area contributed by atoms with Gasteiger partial charge in [-0.15, -0.1) is 12.4 Å². The van der Waals surface area contributed by atoms with Crippen LogP contribution in [0.5, 0.6) is 0 Å². The zero-order valence-corrected chi connectivity index (χ0v) is 12.2. The fourth-order valence-corrected chi connectivity index (χ4v) is 2.57. The van der Waals surface area contributed by atoms with E-state index in [9.17, 15) is 4.39 Å². The Morgan fingerprint density at radius 3 is 2.88 bits per heavy atom. The lowest BCUT2D eigenvalue weighted by Gasteiger charge is -2.33. The van der Waals surface area contributed by atoms with E-state index in [0.29, 0.717) is 6.04 Å². The molecule has 1 atom stereocenters. The lowest BCUT2D eigenvalue weighted by atomic mass is 10.1. The van der Waals surface area contributed by atoms with Gasteiger partial charge in [0, 0.05) is 36.7 Å². The zero-order valence-electron chi connectivity index (χ0n) is 9.75. The van der Waals surface area contributed by atoms with Gasteiger partial charge in [-0.05, 0) is 30.7 Å². The summed E-state index contributed by atoms with van der Waals surface area (Å²) >= 11 is 3.32. The second-order valence-electron chi connectivity index (χ2n) is 4.30. The summed E-state index contributed by atoms with van der Waals surface area (Å²) in [6.45, 7) is 6.06. The van der Waals surface area contributed by atoms with E-state index in [1.165, 1.54) is 6.07 Å². The van der Waals surface area contributed by atoms with Gasteiger partial charge in [-0.25, -0.2) is 4.39 Å². The molecule has 1 aromatic carbocycles. The first-order chi connectivity index (χ1) is 7.65. The number of nitrogens with one attached hydrogen (secondary N) is 1. The topological polar surface area (TPSA) is 15.3 Å². The Bertz CT molecular complexity index is 355.